The first kappa shape index (κ1) is 14.8. The molecular weight excluding hydrogens is 256 g/mol. The van der Waals surface area contributed by atoms with E-state index in [-0.39, 0.29) is 17.7 Å². The molecule has 1 aliphatic carbocycles. The number of methoxy groups -OCH3 is 2. The Morgan fingerprint density at radius 3 is 2.55 bits per heavy atom. The molecule has 0 N–H and O–H groups in total. The van der Waals surface area contributed by atoms with Crippen LogP contribution in [0.4, 0.5) is 0 Å². The summed E-state index contributed by atoms with van der Waals surface area (Å²) in [7, 11) is 3.12. The van der Waals surface area contributed by atoms with Crippen molar-refractivity contribution in [2.75, 3.05) is 14.2 Å². The maximum Gasteiger partial charge on any atom is 0.221 e. The Balaban J connectivity index is 2.50. The van der Waals surface area contributed by atoms with Gasteiger partial charge in [0.15, 0.2) is 5.78 Å². The van der Waals surface area contributed by atoms with Gasteiger partial charge < -0.3 is 9.47 Å². The molecule has 0 saturated heterocycles. The minimum absolute atomic E-state index is 0.0707. The molecule has 2 rings (SSSR count). The molecule has 5 nitrogen and oxygen atoms in total. The number of hydrogen-bond donors (Lipinski definition) is 0. The number of rotatable bonds is 1. The molecule has 5 heteroatoms. The van der Waals surface area contributed by atoms with Crippen molar-refractivity contribution in [2.24, 2.45) is 15.9 Å². The topological polar surface area (TPSA) is 60.2 Å². The van der Waals surface area contributed by atoms with E-state index in [1.54, 1.807) is 20.3 Å². The average Bonchev–Trinajstić information content (AvgIpc) is 2.42. The fraction of sp³-hybridized carbons (Fsp3) is 0.667. The summed E-state index contributed by atoms with van der Waals surface area (Å²) in [4.78, 5) is 21.7. The smallest absolute Gasteiger partial charge is 0.221 e. The Morgan fingerprint density at radius 1 is 1.35 bits per heavy atom. The first-order valence-corrected chi connectivity index (χ1v) is 6.92. The van der Waals surface area contributed by atoms with Gasteiger partial charge in [0.1, 0.15) is 6.04 Å². The van der Waals surface area contributed by atoms with Gasteiger partial charge >= 0.3 is 0 Å². The molecule has 0 aromatic rings. The van der Waals surface area contributed by atoms with Gasteiger partial charge in [-0.2, -0.15) is 0 Å². The number of aliphatic imine (C=N–C) groups is 2. The van der Waals surface area contributed by atoms with E-state index >= 15 is 0 Å². The lowest BCUT2D eigenvalue weighted by Gasteiger charge is -2.36. The van der Waals surface area contributed by atoms with Crippen LogP contribution >= 0.6 is 0 Å². The van der Waals surface area contributed by atoms with E-state index in [0.717, 1.165) is 12.0 Å². The van der Waals surface area contributed by atoms with E-state index in [0.29, 0.717) is 18.2 Å². The fourth-order valence-corrected chi connectivity index (χ4v) is 2.65. The molecule has 1 aliphatic heterocycles. The minimum atomic E-state index is -1.02. The van der Waals surface area contributed by atoms with Gasteiger partial charge in [-0.25, -0.2) is 9.98 Å². The highest BCUT2D eigenvalue weighted by atomic mass is 16.5. The maximum absolute atomic E-state index is 12.5. The second-order valence-electron chi connectivity index (χ2n) is 5.70. The van der Waals surface area contributed by atoms with Gasteiger partial charge in [-0.05, 0) is 31.8 Å². The summed E-state index contributed by atoms with van der Waals surface area (Å²) < 4.78 is 10.8. The quantitative estimate of drug-likeness (QED) is 0.738. The predicted octanol–water partition coefficient (Wildman–Crippen LogP) is 2.16. The maximum atomic E-state index is 12.5. The number of nitrogens with zero attached hydrogens (tertiary/aromatic N) is 2. The summed E-state index contributed by atoms with van der Waals surface area (Å²) in [5.74, 6) is 1.08. The molecule has 0 bridgehead atoms. The van der Waals surface area contributed by atoms with Crippen molar-refractivity contribution in [3.05, 3.63) is 11.6 Å². The summed E-state index contributed by atoms with van der Waals surface area (Å²) in [5, 5.41) is 0. The van der Waals surface area contributed by atoms with E-state index in [4.69, 9.17) is 9.47 Å². The van der Waals surface area contributed by atoms with Crippen molar-refractivity contribution in [2.45, 2.75) is 45.2 Å². The molecule has 0 amide bonds. The molecule has 0 unspecified atom stereocenters. The third-order valence-electron chi connectivity index (χ3n) is 3.86. The van der Waals surface area contributed by atoms with E-state index < -0.39 is 5.54 Å². The largest absolute Gasteiger partial charge is 0.483 e. The lowest BCUT2D eigenvalue weighted by Crippen LogP contribution is -2.52. The van der Waals surface area contributed by atoms with Gasteiger partial charge in [0.2, 0.25) is 17.3 Å². The molecular formula is C15H22N2O3. The second-order valence-corrected chi connectivity index (χ2v) is 5.70. The molecule has 0 saturated carbocycles. The molecule has 20 heavy (non-hydrogen) atoms. The van der Waals surface area contributed by atoms with Crippen LogP contribution in [-0.4, -0.2) is 43.4 Å². The second kappa shape index (κ2) is 5.38. The molecule has 2 atom stereocenters. The van der Waals surface area contributed by atoms with Crippen molar-refractivity contribution < 1.29 is 14.3 Å². The van der Waals surface area contributed by atoms with Crippen molar-refractivity contribution >= 4 is 17.6 Å². The van der Waals surface area contributed by atoms with E-state index in [1.807, 2.05) is 20.8 Å². The minimum Gasteiger partial charge on any atom is -0.483 e. The van der Waals surface area contributed by atoms with Gasteiger partial charge in [0.05, 0.1) is 14.2 Å². The Labute approximate surface area is 119 Å². The van der Waals surface area contributed by atoms with Crippen LogP contribution in [0.15, 0.2) is 21.6 Å². The number of ketones is 1. The SMILES string of the molecule is COC1=N[C@]2(CCC(C)=CC2=O)C(OC)=N[C@@H]1C(C)C. The zero-order valence-corrected chi connectivity index (χ0v) is 12.8. The summed E-state index contributed by atoms with van der Waals surface area (Å²) in [6, 6.07) is -0.194. The molecule has 2 aliphatic rings. The van der Waals surface area contributed by atoms with Crippen LogP contribution in [0, 0.1) is 5.92 Å². The van der Waals surface area contributed by atoms with Crippen LogP contribution in [0.2, 0.25) is 0 Å². The molecule has 0 radical (unpaired) electrons. The standard InChI is InChI=1S/C15H22N2O3/c1-9(2)12-13(19-4)17-15(14(16-12)20-5)7-6-10(3)8-11(15)18/h8-9,12H,6-7H2,1-5H3/t12-,15+/m1/s1. The fourth-order valence-electron chi connectivity index (χ4n) is 2.65. The van der Waals surface area contributed by atoms with Crippen LogP contribution in [0.3, 0.4) is 0 Å². The average molecular weight is 278 g/mol. The number of allylic oxidation sites excluding steroid dienone is 1. The van der Waals surface area contributed by atoms with Gasteiger partial charge in [-0.15, -0.1) is 0 Å². The van der Waals surface area contributed by atoms with E-state index in [2.05, 4.69) is 9.98 Å². The van der Waals surface area contributed by atoms with Crippen molar-refractivity contribution in [3.8, 4) is 0 Å². The molecule has 1 heterocycles. The zero-order chi connectivity index (χ0) is 14.9. The zero-order valence-electron chi connectivity index (χ0n) is 12.8. The van der Waals surface area contributed by atoms with Gasteiger partial charge in [0.25, 0.3) is 0 Å². The van der Waals surface area contributed by atoms with Crippen LogP contribution in [0.5, 0.6) is 0 Å². The van der Waals surface area contributed by atoms with Crippen LogP contribution in [-0.2, 0) is 14.3 Å². The lowest BCUT2D eigenvalue weighted by molar-refractivity contribution is -0.118. The lowest BCUT2D eigenvalue weighted by atomic mass is 9.80. The Morgan fingerprint density at radius 2 is 2.05 bits per heavy atom. The number of ether oxygens (including phenoxy) is 2. The monoisotopic (exact) mass is 278 g/mol. The van der Waals surface area contributed by atoms with Crippen molar-refractivity contribution in [1.29, 1.82) is 0 Å². The summed E-state index contributed by atoms with van der Waals surface area (Å²) >= 11 is 0. The number of hydrogen-bond acceptors (Lipinski definition) is 5. The molecule has 1 spiro atoms. The number of carbonyl (C=O) groups is 1. The Hall–Kier alpha value is -1.65. The normalized spacial score (nSPS) is 30.0. The van der Waals surface area contributed by atoms with Gasteiger partial charge in [-0.1, -0.05) is 19.4 Å². The number of carbonyl (C=O) groups excluding carboxylic acids is 1. The van der Waals surface area contributed by atoms with Crippen molar-refractivity contribution in [3.63, 3.8) is 0 Å². The predicted molar refractivity (Wildman–Crippen MR) is 78.2 cm³/mol. The third-order valence-corrected chi connectivity index (χ3v) is 3.86. The van der Waals surface area contributed by atoms with Crippen LogP contribution in [0.1, 0.15) is 33.6 Å². The molecule has 110 valence electrons. The molecule has 0 fully saturated rings. The highest BCUT2D eigenvalue weighted by molar-refractivity contribution is 6.18. The third kappa shape index (κ3) is 2.25. The summed E-state index contributed by atoms with van der Waals surface area (Å²) in [6.07, 6.45) is 3.03. The summed E-state index contributed by atoms with van der Waals surface area (Å²) in [5.41, 5.74) is 0.0431. The molecule has 0 aromatic heterocycles. The Bertz CT molecular complexity index is 505. The van der Waals surface area contributed by atoms with E-state index in [9.17, 15) is 4.79 Å². The van der Waals surface area contributed by atoms with Crippen molar-refractivity contribution in [1.82, 2.24) is 0 Å². The first-order chi connectivity index (χ1) is 9.44. The van der Waals surface area contributed by atoms with E-state index in [1.165, 1.54) is 0 Å². The van der Waals surface area contributed by atoms with Gasteiger partial charge in [-0.3, -0.25) is 4.79 Å². The molecule has 0 aromatic carbocycles. The van der Waals surface area contributed by atoms with Crippen LogP contribution < -0.4 is 0 Å². The first-order valence-electron chi connectivity index (χ1n) is 6.92. The van der Waals surface area contributed by atoms with Crippen LogP contribution in [0.25, 0.3) is 0 Å². The highest BCUT2D eigenvalue weighted by Gasteiger charge is 2.49. The Kier molecular flexibility index (Phi) is 3.97. The van der Waals surface area contributed by atoms with Gasteiger partial charge in [0, 0.05) is 0 Å². The highest BCUT2D eigenvalue weighted by Crippen LogP contribution is 2.34. The summed E-state index contributed by atoms with van der Waals surface area (Å²) in [6.45, 7) is 6.04.